The fraction of sp³-hybridized carbons (Fsp3) is 0.600. The van der Waals surface area contributed by atoms with Crippen LogP contribution >= 0.6 is 12.2 Å². The Kier molecular flexibility index (Phi) is 4.73. The molecule has 0 atom stereocenters. The predicted octanol–water partition coefficient (Wildman–Crippen LogP) is 1.57. The molecule has 0 radical (unpaired) electrons. The number of hydrogen-bond donors (Lipinski definition) is 1. The molecule has 5 heteroatoms. The van der Waals surface area contributed by atoms with E-state index in [1.807, 2.05) is 12.4 Å². The van der Waals surface area contributed by atoms with Gasteiger partial charge in [0.2, 0.25) is 0 Å². The minimum Gasteiger partial charge on any atom is -0.392 e. The van der Waals surface area contributed by atoms with Crippen molar-refractivity contribution < 1.29 is 0 Å². The molecule has 1 aromatic rings. The Hall–Kier alpha value is -1.04. The van der Waals surface area contributed by atoms with Gasteiger partial charge in [-0.25, -0.2) is 0 Å². The Bertz CT molecular complexity index is 479. The van der Waals surface area contributed by atoms with Crippen molar-refractivity contribution in [1.29, 1.82) is 0 Å². The van der Waals surface area contributed by atoms with Crippen LogP contribution in [-0.4, -0.2) is 51.5 Å². The quantitative estimate of drug-likeness (QED) is 0.854. The zero-order valence-corrected chi connectivity index (χ0v) is 13.4. The summed E-state index contributed by atoms with van der Waals surface area (Å²) in [6, 6.07) is 2.21. The predicted molar refractivity (Wildman–Crippen MR) is 86.7 cm³/mol. The van der Waals surface area contributed by atoms with Crippen LogP contribution in [0.25, 0.3) is 0 Å². The molecule has 0 amide bonds. The van der Waals surface area contributed by atoms with Crippen molar-refractivity contribution in [3.05, 3.63) is 29.6 Å². The van der Waals surface area contributed by atoms with Crippen LogP contribution in [0, 0.1) is 6.92 Å². The van der Waals surface area contributed by atoms with Crippen LogP contribution in [0.3, 0.4) is 0 Å². The van der Waals surface area contributed by atoms with Gasteiger partial charge in [0.05, 0.1) is 10.5 Å². The van der Waals surface area contributed by atoms with Crippen LogP contribution in [0.2, 0.25) is 0 Å². The summed E-state index contributed by atoms with van der Waals surface area (Å²) in [6.45, 7) is 11.4. The molecule has 4 nitrogen and oxygen atoms in total. The summed E-state index contributed by atoms with van der Waals surface area (Å²) in [5, 5.41) is 0. The number of piperazine rings is 1. The Labute approximate surface area is 127 Å². The zero-order chi connectivity index (χ0) is 14.8. The van der Waals surface area contributed by atoms with Crippen molar-refractivity contribution in [1.82, 2.24) is 14.8 Å². The van der Waals surface area contributed by atoms with Gasteiger partial charge in [-0.1, -0.05) is 18.3 Å². The van der Waals surface area contributed by atoms with E-state index in [4.69, 9.17) is 18.0 Å². The molecule has 1 aromatic heterocycles. The standard InChI is InChI=1S/C15H24N4S/c1-12-8-13(10-17-9-12)11-18-4-6-19(7-5-18)15(2,3)14(16)20/h8-10H,4-7,11H2,1-3H3,(H2,16,20). The van der Waals surface area contributed by atoms with E-state index in [0.717, 1.165) is 32.7 Å². The minimum absolute atomic E-state index is 0.188. The number of pyridine rings is 1. The molecule has 0 aliphatic carbocycles. The smallest absolute Gasteiger partial charge is 0.0928 e. The molecule has 1 aliphatic heterocycles. The van der Waals surface area contributed by atoms with Gasteiger partial charge in [0, 0.05) is 45.1 Å². The molecular weight excluding hydrogens is 268 g/mol. The van der Waals surface area contributed by atoms with E-state index in [9.17, 15) is 0 Å². The normalized spacial score (nSPS) is 18.1. The van der Waals surface area contributed by atoms with Gasteiger partial charge in [-0.2, -0.15) is 0 Å². The first kappa shape index (κ1) is 15.4. The van der Waals surface area contributed by atoms with Gasteiger partial charge < -0.3 is 5.73 Å². The molecule has 0 bridgehead atoms. The van der Waals surface area contributed by atoms with Gasteiger partial charge in [0.1, 0.15) is 0 Å². The number of aromatic nitrogens is 1. The van der Waals surface area contributed by atoms with Crippen molar-refractivity contribution >= 4 is 17.2 Å². The van der Waals surface area contributed by atoms with Crippen LogP contribution in [0.5, 0.6) is 0 Å². The van der Waals surface area contributed by atoms with E-state index < -0.39 is 0 Å². The highest BCUT2D eigenvalue weighted by Crippen LogP contribution is 2.18. The molecule has 0 spiro atoms. The molecule has 1 saturated heterocycles. The summed E-state index contributed by atoms with van der Waals surface area (Å²) >= 11 is 5.18. The minimum atomic E-state index is -0.188. The molecule has 0 aromatic carbocycles. The van der Waals surface area contributed by atoms with E-state index in [0.29, 0.717) is 4.99 Å². The lowest BCUT2D eigenvalue weighted by Gasteiger charge is -2.43. The lowest BCUT2D eigenvalue weighted by molar-refractivity contribution is 0.0821. The molecule has 2 N–H and O–H groups in total. The van der Waals surface area contributed by atoms with Crippen molar-refractivity contribution in [3.63, 3.8) is 0 Å². The second-order valence-corrected chi connectivity index (χ2v) is 6.50. The van der Waals surface area contributed by atoms with Crippen LogP contribution < -0.4 is 5.73 Å². The van der Waals surface area contributed by atoms with Crippen LogP contribution in [-0.2, 0) is 6.54 Å². The van der Waals surface area contributed by atoms with E-state index in [2.05, 4.69) is 41.6 Å². The lowest BCUT2D eigenvalue weighted by Crippen LogP contribution is -2.59. The van der Waals surface area contributed by atoms with E-state index in [1.165, 1.54) is 11.1 Å². The lowest BCUT2D eigenvalue weighted by atomic mass is 10.0. The molecule has 110 valence electrons. The van der Waals surface area contributed by atoms with E-state index in [-0.39, 0.29) is 5.54 Å². The van der Waals surface area contributed by atoms with E-state index in [1.54, 1.807) is 0 Å². The first-order valence-corrected chi connectivity index (χ1v) is 7.48. The highest BCUT2D eigenvalue weighted by Gasteiger charge is 2.32. The summed E-state index contributed by atoms with van der Waals surface area (Å²) in [5.41, 5.74) is 8.16. The maximum atomic E-state index is 5.84. The third kappa shape index (κ3) is 3.53. The number of hydrogen-bond acceptors (Lipinski definition) is 4. The number of nitrogens with zero attached hydrogens (tertiary/aromatic N) is 3. The monoisotopic (exact) mass is 292 g/mol. The fourth-order valence-corrected chi connectivity index (χ4v) is 2.71. The molecule has 20 heavy (non-hydrogen) atoms. The van der Waals surface area contributed by atoms with Gasteiger partial charge in [0.25, 0.3) is 0 Å². The van der Waals surface area contributed by atoms with E-state index >= 15 is 0 Å². The Morgan fingerprint density at radius 2 is 1.95 bits per heavy atom. The number of aryl methyl sites for hydroxylation is 1. The van der Waals surface area contributed by atoms with Gasteiger partial charge in [0.15, 0.2) is 0 Å². The highest BCUT2D eigenvalue weighted by atomic mass is 32.1. The van der Waals surface area contributed by atoms with Crippen molar-refractivity contribution in [2.24, 2.45) is 5.73 Å². The van der Waals surface area contributed by atoms with Crippen molar-refractivity contribution in [3.8, 4) is 0 Å². The molecule has 1 aliphatic rings. The first-order chi connectivity index (χ1) is 9.39. The Balaban J connectivity index is 1.90. The van der Waals surface area contributed by atoms with Crippen LogP contribution in [0.4, 0.5) is 0 Å². The van der Waals surface area contributed by atoms with Crippen LogP contribution in [0.1, 0.15) is 25.0 Å². The highest BCUT2D eigenvalue weighted by molar-refractivity contribution is 7.80. The van der Waals surface area contributed by atoms with Gasteiger partial charge in [-0.15, -0.1) is 0 Å². The Morgan fingerprint density at radius 1 is 1.30 bits per heavy atom. The number of nitrogens with two attached hydrogens (primary N) is 1. The van der Waals surface area contributed by atoms with Gasteiger partial charge >= 0.3 is 0 Å². The van der Waals surface area contributed by atoms with Gasteiger partial charge in [-0.3, -0.25) is 14.8 Å². The third-order valence-corrected chi connectivity index (χ3v) is 4.60. The molecule has 0 unspecified atom stereocenters. The van der Waals surface area contributed by atoms with Crippen molar-refractivity contribution in [2.45, 2.75) is 32.9 Å². The maximum absolute atomic E-state index is 5.84. The summed E-state index contributed by atoms with van der Waals surface area (Å²) in [7, 11) is 0. The summed E-state index contributed by atoms with van der Waals surface area (Å²) < 4.78 is 0. The molecule has 2 rings (SSSR count). The Morgan fingerprint density at radius 3 is 2.50 bits per heavy atom. The molecule has 1 fully saturated rings. The first-order valence-electron chi connectivity index (χ1n) is 7.07. The molecular formula is C15H24N4S. The molecule has 0 saturated carbocycles. The second-order valence-electron chi connectivity index (χ2n) is 6.06. The average Bonchev–Trinajstić information content (AvgIpc) is 2.39. The van der Waals surface area contributed by atoms with Gasteiger partial charge in [-0.05, 0) is 31.9 Å². The average molecular weight is 292 g/mol. The largest absolute Gasteiger partial charge is 0.392 e. The summed E-state index contributed by atoms with van der Waals surface area (Å²) in [6.07, 6.45) is 3.85. The van der Waals surface area contributed by atoms with Crippen LogP contribution in [0.15, 0.2) is 18.5 Å². The number of rotatable bonds is 4. The topological polar surface area (TPSA) is 45.4 Å². The number of thiocarbonyl (C=S) groups is 1. The fourth-order valence-electron chi connectivity index (χ4n) is 2.58. The summed E-state index contributed by atoms with van der Waals surface area (Å²) in [4.78, 5) is 9.67. The molecule has 2 heterocycles. The third-order valence-electron chi connectivity index (χ3n) is 4.10. The SMILES string of the molecule is Cc1cncc(CN2CCN(C(C)(C)C(N)=S)CC2)c1. The maximum Gasteiger partial charge on any atom is 0.0928 e. The summed E-state index contributed by atoms with van der Waals surface area (Å²) in [5.74, 6) is 0. The second kappa shape index (κ2) is 6.16. The zero-order valence-electron chi connectivity index (χ0n) is 12.6. The van der Waals surface area contributed by atoms with Crippen molar-refractivity contribution in [2.75, 3.05) is 26.2 Å².